The van der Waals surface area contributed by atoms with Crippen LogP contribution in [0.5, 0.6) is 0 Å². The average Bonchev–Trinajstić information content (AvgIpc) is 2.63. The van der Waals surface area contributed by atoms with Crippen LogP contribution in [0.4, 0.5) is 0 Å². The monoisotopic (exact) mass is 302 g/mol. The molecule has 0 radical (unpaired) electrons. The molecule has 0 N–H and O–H groups in total. The van der Waals surface area contributed by atoms with Crippen molar-refractivity contribution in [2.45, 2.75) is 13.0 Å². The van der Waals surface area contributed by atoms with E-state index in [2.05, 4.69) is 24.3 Å². The SMILES string of the molecule is CC(OC(=O)c1ccccc1)c1ccc(-c2ccccc2)cc1. The van der Waals surface area contributed by atoms with E-state index in [1.54, 1.807) is 12.1 Å². The topological polar surface area (TPSA) is 26.3 Å². The van der Waals surface area contributed by atoms with Gasteiger partial charge in [0.15, 0.2) is 0 Å². The lowest BCUT2D eigenvalue weighted by molar-refractivity contribution is 0.0338. The number of carbonyl (C=O) groups excluding carboxylic acids is 1. The van der Waals surface area contributed by atoms with Crippen LogP contribution in [0.2, 0.25) is 0 Å². The van der Waals surface area contributed by atoms with Gasteiger partial charge >= 0.3 is 5.97 Å². The molecule has 0 aliphatic heterocycles. The molecule has 3 aromatic rings. The quantitative estimate of drug-likeness (QED) is 0.613. The summed E-state index contributed by atoms with van der Waals surface area (Å²) in [5.74, 6) is -0.301. The first-order chi connectivity index (χ1) is 11.2. The van der Waals surface area contributed by atoms with Crippen molar-refractivity contribution in [3.63, 3.8) is 0 Å². The molecule has 0 aromatic heterocycles. The number of hydrogen-bond donors (Lipinski definition) is 0. The van der Waals surface area contributed by atoms with Crippen molar-refractivity contribution in [3.05, 3.63) is 96.1 Å². The summed E-state index contributed by atoms with van der Waals surface area (Å²) < 4.78 is 5.53. The van der Waals surface area contributed by atoms with Crippen LogP contribution < -0.4 is 0 Å². The summed E-state index contributed by atoms with van der Waals surface area (Å²) in [5, 5.41) is 0. The molecule has 114 valence electrons. The molecule has 0 amide bonds. The van der Waals surface area contributed by atoms with Gasteiger partial charge in [-0.3, -0.25) is 0 Å². The number of benzene rings is 3. The molecule has 3 rings (SSSR count). The van der Waals surface area contributed by atoms with E-state index < -0.39 is 0 Å². The van der Waals surface area contributed by atoms with Crippen LogP contribution in [0, 0.1) is 0 Å². The highest BCUT2D eigenvalue weighted by molar-refractivity contribution is 5.89. The normalized spacial score (nSPS) is 11.7. The van der Waals surface area contributed by atoms with Crippen molar-refractivity contribution in [1.29, 1.82) is 0 Å². The molecule has 0 aliphatic rings. The predicted octanol–water partition coefficient (Wildman–Crippen LogP) is 5.27. The van der Waals surface area contributed by atoms with Crippen LogP contribution in [0.15, 0.2) is 84.9 Å². The van der Waals surface area contributed by atoms with E-state index in [1.165, 1.54) is 5.56 Å². The second-order valence-electron chi connectivity index (χ2n) is 5.40. The summed E-state index contributed by atoms with van der Waals surface area (Å²) in [6.07, 6.45) is -0.285. The molecule has 0 bridgehead atoms. The highest BCUT2D eigenvalue weighted by Crippen LogP contribution is 2.24. The first-order valence-corrected chi connectivity index (χ1v) is 7.65. The van der Waals surface area contributed by atoms with Crippen molar-refractivity contribution in [1.82, 2.24) is 0 Å². The maximum absolute atomic E-state index is 12.1. The third-order valence-electron chi connectivity index (χ3n) is 3.78. The fourth-order valence-corrected chi connectivity index (χ4v) is 2.45. The number of esters is 1. The van der Waals surface area contributed by atoms with Gasteiger partial charge in [-0.1, -0.05) is 72.8 Å². The van der Waals surface area contributed by atoms with E-state index in [0.717, 1.165) is 11.1 Å². The number of ether oxygens (including phenoxy) is 1. The zero-order chi connectivity index (χ0) is 16.1. The van der Waals surface area contributed by atoms with Crippen molar-refractivity contribution in [2.75, 3.05) is 0 Å². The van der Waals surface area contributed by atoms with E-state index in [-0.39, 0.29) is 12.1 Å². The Hall–Kier alpha value is -2.87. The Morgan fingerprint density at radius 3 is 1.87 bits per heavy atom. The lowest BCUT2D eigenvalue weighted by atomic mass is 10.0. The maximum Gasteiger partial charge on any atom is 0.338 e. The molecule has 0 heterocycles. The van der Waals surface area contributed by atoms with Gasteiger partial charge in [0.1, 0.15) is 6.10 Å². The summed E-state index contributed by atoms with van der Waals surface area (Å²) in [6.45, 7) is 1.89. The first kappa shape index (κ1) is 15.0. The Balaban J connectivity index is 1.71. The van der Waals surface area contributed by atoms with Crippen LogP contribution in [0.1, 0.15) is 28.9 Å². The van der Waals surface area contributed by atoms with Gasteiger partial charge in [-0.2, -0.15) is 0 Å². The van der Waals surface area contributed by atoms with Crippen molar-refractivity contribution in [2.24, 2.45) is 0 Å². The summed E-state index contributed by atoms with van der Waals surface area (Å²) >= 11 is 0. The molecule has 1 atom stereocenters. The standard InChI is InChI=1S/C21H18O2/c1-16(23-21(22)20-10-6-3-7-11-20)17-12-14-19(15-13-17)18-8-4-2-5-9-18/h2-16H,1H3. The van der Waals surface area contributed by atoms with Gasteiger partial charge < -0.3 is 4.74 Å². The van der Waals surface area contributed by atoms with Gasteiger partial charge in [0.25, 0.3) is 0 Å². The minimum atomic E-state index is -0.301. The summed E-state index contributed by atoms with van der Waals surface area (Å²) in [6, 6.07) is 27.4. The Kier molecular flexibility index (Phi) is 4.53. The summed E-state index contributed by atoms with van der Waals surface area (Å²) in [5.41, 5.74) is 3.87. The van der Waals surface area contributed by atoms with Gasteiger partial charge in [-0.25, -0.2) is 4.79 Å². The predicted molar refractivity (Wildman–Crippen MR) is 92.2 cm³/mol. The second-order valence-corrected chi connectivity index (χ2v) is 5.40. The lowest BCUT2D eigenvalue weighted by Crippen LogP contribution is -2.09. The Bertz CT molecular complexity index is 762. The molecule has 1 unspecified atom stereocenters. The van der Waals surface area contributed by atoms with Crippen LogP contribution in [-0.2, 0) is 4.74 Å². The van der Waals surface area contributed by atoms with E-state index in [9.17, 15) is 4.79 Å². The fraction of sp³-hybridized carbons (Fsp3) is 0.0952. The molecule has 0 saturated carbocycles. The van der Waals surface area contributed by atoms with E-state index >= 15 is 0 Å². The van der Waals surface area contributed by atoms with Gasteiger partial charge in [0.05, 0.1) is 5.56 Å². The minimum Gasteiger partial charge on any atom is -0.454 e. The molecule has 23 heavy (non-hydrogen) atoms. The third-order valence-corrected chi connectivity index (χ3v) is 3.78. The maximum atomic E-state index is 12.1. The Morgan fingerprint density at radius 1 is 0.739 bits per heavy atom. The van der Waals surface area contributed by atoms with Crippen LogP contribution in [-0.4, -0.2) is 5.97 Å². The minimum absolute atomic E-state index is 0.285. The van der Waals surface area contributed by atoms with Crippen molar-refractivity contribution >= 4 is 5.97 Å². The zero-order valence-electron chi connectivity index (χ0n) is 13.0. The van der Waals surface area contributed by atoms with Gasteiger partial charge in [-0.05, 0) is 35.7 Å². The van der Waals surface area contributed by atoms with Crippen molar-refractivity contribution < 1.29 is 9.53 Å². The lowest BCUT2D eigenvalue weighted by Gasteiger charge is -2.14. The smallest absolute Gasteiger partial charge is 0.338 e. The third kappa shape index (κ3) is 3.67. The van der Waals surface area contributed by atoms with Crippen LogP contribution in [0.25, 0.3) is 11.1 Å². The molecule has 0 spiro atoms. The number of carbonyl (C=O) groups is 1. The molecule has 0 fully saturated rings. The summed E-state index contributed by atoms with van der Waals surface area (Å²) in [7, 11) is 0. The average molecular weight is 302 g/mol. The van der Waals surface area contributed by atoms with Crippen LogP contribution >= 0.6 is 0 Å². The zero-order valence-corrected chi connectivity index (χ0v) is 13.0. The molecule has 3 aromatic carbocycles. The molecule has 2 heteroatoms. The molecule has 2 nitrogen and oxygen atoms in total. The van der Waals surface area contributed by atoms with E-state index in [4.69, 9.17) is 4.74 Å². The molecule has 0 aliphatic carbocycles. The Morgan fingerprint density at radius 2 is 1.26 bits per heavy atom. The molecular weight excluding hydrogens is 284 g/mol. The molecular formula is C21H18O2. The Labute approximate surface area is 136 Å². The van der Waals surface area contributed by atoms with Gasteiger partial charge in [0.2, 0.25) is 0 Å². The van der Waals surface area contributed by atoms with Crippen molar-refractivity contribution in [3.8, 4) is 11.1 Å². The highest BCUT2D eigenvalue weighted by atomic mass is 16.5. The number of hydrogen-bond acceptors (Lipinski definition) is 2. The van der Waals surface area contributed by atoms with E-state index in [0.29, 0.717) is 5.56 Å². The van der Waals surface area contributed by atoms with E-state index in [1.807, 2.05) is 55.5 Å². The first-order valence-electron chi connectivity index (χ1n) is 7.65. The summed E-state index contributed by atoms with van der Waals surface area (Å²) in [4.78, 5) is 12.1. The highest BCUT2D eigenvalue weighted by Gasteiger charge is 2.13. The second kappa shape index (κ2) is 6.93. The van der Waals surface area contributed by atoms with Gasteiger partial charge in [0, 0.05) is 0 Å². The molecule has 0 saturated heterocycles. The van der Waals surface area contributed by atoms with Crippen LogP contribution in [0.3, 0.4) is 0 Å². The van der Waals surface area contributed by atoms with Gasteiger partial charge in [-0.15, -0.1) is 0 Å². The largest absolute Gasteiger partial charge is 0.454 e. The number of rotatable bonds is 4. The fourth-order valence-electron chi connectivity index (χ4n) is 2.45.